The van der Waals surface area contributed by atoms with Crippen molar-refractivity contribution in [2.45, 2.75) is 12.5 Å². The standard InChI is InChI=1S/C25H28FN7OS/c1-32-7-9-33(10-8-32)19-5-4-16(13-17(19)26)28-25-29-18-6-11-35-22(18)24(31-25)30-21-15-3-2-14(12-15)20(21)23(27)34/h2-6,11,13-15,20-21H,7-10,12H2,1H3,(H2,27,34)(H2,28,29,30,31)/t14?,15?,20-,21+/m0/s1. The fourth-order valence-electron chi connectivity index (χ4n) is 5.60. The predicted octanol–water partition coefficient (Wildman–Crippen LogP) is 3.41. The monoisotopic (exact) mass is 493 g/mol. The van der Waals surface area contributed by atoms with E-state index in [1.54, 1.807) is 11.3 Å². The van der Waals surface area contributed by atoms with Gasteiger partial charge in [-0.2, -0.15) is 4.98 Å². The molecule has 35 heavy (non-hydrogen) atoms. The molecule has 2 fully saturated rings. The van der Waals surface area contributed by atoms with Gasteiger partial charge in [0.15, 0.2) is 0 Å². The first-order chi connectivity index (χ1) is 17.0. The second-order valence-corrected chi connectivity index (χ2v) is 10.6. The van der Waals surface area contributed by atoms with Gasteiger partial charge in [-0.25, -0.2) is 9.37 Å². The maximum absolute atomic E-state index is 15.0. The maximum Gasteiger partial charge on any atom is 0.229 e. The Hall–Kier alpha value is -3.24. The quantitative estimate of drug-likeness (QED) is 0.453. The van der Waals surface area contributed by atoms with Crippen LogP contribution in [-0.4, -0.2) is 60.0 Å². The summed E-state index contributed by atoms with van der Waals surface area (Å²) in [5.41, 5.74) is 7.73. The molecule has 182 valence electrons. The van der Waals surface area contributed by atoms with Gasteiger partial charge in [0.05, 0.1) is 21.8 Å². The molecule has 2 bridgehead atoms. The lowest BCUT2D eigenvalue weighted by Gasteiger charge is -2.34. The summed E-state index contributed by atoms with van der Waals surface area (Å²) in [5.74, 6) is 0.643. The second-order valence-electron chi connectivity index (χ2n) is 9.66. The van der Waals surface area contributed by atoms with E-state index in [0.29, 0.717) is 23.1 Å². The number of likely N-dealkylation sites (N-methyl/N-ethyl adjacent to an activating group) is 1. The van der Waals surface area contributed by atoms with Crippen molar-refractivity contribution in [2.75, 3.05) is 48.8 Å². The van der Waals surface area contributed by atoms with Crippen LogP contribution in [0.1, 0.15) is 6.42 Å². The van der Waals surface area contributed by atoms with Gasteiger partial charge in [0, 0.05) is 37.9 Å². The Morgan fingerprint density at radius 3 is 2.71 bits per heavy atom. The molecule has 1 saturated heterocycles. The van der Waals surface area contributed by atoms with Crippen LogP contribution in [0.2, 0.25) is 0 Å². The van der Waals surface area contributed by atoms with Crippen LogP contribution < -0.4 is 21.3 Å². The van der Waals surface area contributed by atoms with Crippen molar-refractivity contribution in [3.05, 3.63) is 47.6 Å². The van der Waals surface area contributed by atoms with Gasteiger partial charge < -0.3 is 26.2 Å². The maximum atomic E-state index is 15.0. The number of allylic oxidation sites excluding steroid dienone is 1. The van der Waals surface area contributed by atoms with Crippen LogP contribution in [0.25, 0.3) is 10.2 Å². The number of nitrogens with two attached hydrogens (primary N) is 1. The van der Waals surface area contributed by atoms with E-state index in [1.807, 2.05) is 23.6 Å². The first kappa shape index (κ1) is 22.2. The van der Waals surface area contributed by atoms with Gasteiger partial charge in [-0.15, -0.1) is 11.3 Å². The van der Waals surface area contributed by atoms with E-state index in [0.717, 1.165) is 42.8 Å². The Labute approximate surface area is 207 Å². The second kappa shape index (κ2) is 8.76. The number of piperazine rings is 1. The number of thiophene rings is 1. The zero-order valence-corrected chi connectivity index (χ0v) is 20.3. The minimum Gasteiger partial charge on any atom is -0.369 e. The Balaban J connectivity index is 1.25. The van der Waals surface area contributed by atoms with E-state index in [9.17, 15) is 9.18 Å². The molecule has 1 aliphatic heterocycles. The van der Waals surface area contributed by atoms with Crippen molar-refractivity contribution in [3.63, 3.8) is 0 Å². The Morgan fingerprint density at radius 2 is 1.94 bits per heavy atom. The van der Waals surface area contributed by atoms with E-state index in [-0.39, 0.29) is 35.5 Å². The lowest BCUT2D eigenvalue weighted by Crippen LogP contribution is -2.44. The summed E-state index contributed by atoms with van der Waals surface area (Å²) in [7, 11) is 2.08. The molecule has 4 atom stereocenters. The summed E-state index contributed by atoms with van der Waals surface area (Å²) < 4.78 is 15.9. The number of rotatable bonds is 6. The topological polar surface area (TPSA) is 99.4 Å². The Bertz CT molecular complexity index is 1300. The number of hydrogen-bond acceptors (Lipinski definition) is 8. The first-order valence-corrected chi connectivity index (χ1v) is 12.8. The highest BCUT2D eigenvalue weighted by molar-refractivity contribution is 7.17. The number of fused-ring (bicyclic) bond motifs is 3. The van der Waals surface area contributed by atoms with Crippen LogP contribution >= 0.6 is 11.3 Å². The zero-order chi connectivity index (χ0) is 24.1. The summed E-state index contributed by atoms with van der Waals surface area (Å²) in [6, 6.07) is 6.99. The van der Waals surface area contributed by atoms with Gasteiger partial charge in [-0.1, -0.05) is 12.2 Å². The molecule has 10 heteroatoms. The number of anilines is 4. The van der Waals surface area contributed by atoms with Crippen LogP contribution in [0.5, 0.6) is 0 Å². The van der Waals surface area contributed by atoms with Crippen LogP contribution in [0.3, 0.4) is 0 Å². The first-order valence-electron chi connectivity index (χ1n) is 12.0. The third-order valence-corrected chi connectivity index (χ3v) is 8.35. The van der Waals surface area contributed by atoms with Crippen molar-refractivity contribution in [3.8, 4) is 0 Å². The van der Waals surface area contributed by atoms with Gasteiger partial charge in [-0.05, 0) is 54.9 Å². The highest BCUT2D eigenvalue weighted by Gasteiger charge is 2.47. The normalized spacial score (nSPS) is 25.9. The van der Waals surface area contributed by atoms with E-state index < -0.39 is 0 Å². The summed E-state index contributed by atoms with van der Waals surface area (Å²) in [6.07, 6.45) is 5.19. The molecule has 1 amide bonds. The minimum absolute atomic E-state index is 0.101. The summed E-state index contributed by atoms with van der Waals surface area (Å²) in [6.45, 7) is 3.44. The molecule has 2 aromatic heterocycles. The third kappa shape index (κ3) is 4.10. The van der Waals surface area contributed by atoms with Gasteiger partial charge in [0.1, 0.15) is 11.6 Å². The van der Waals surface area contributed by atoms with Crippen LogP contribution in [-0.2, 0) is 4.79 Å². The van der Waals surface area contributed by atoms with E-state index >= 15 is 0 Å². The number of nitrogens with zero attached hydrogens (tertiary/aromatic N) is 4. The number of benzene rings is 1. The molecular formula is C25H28FN7OS. The molecule has 2 aliphatic carbocycles. The highest BCUT2D eigenvalue weighted by atomic mass is 32.1. The smallest absolute Gasteiger partial charge is 0.229 e. The third-order valence-electron chi connectivity index (χ3n) is 7.44. The number of amides is 1. The highest BCUT2D eigenvalue weighted by Crippen LogP contribution is 2.45. The van der Waals surface area contributed by atoms with Crippen molar-refractivity contribution >= 4 is 50.6 Å². The lowest BCUT2D eigenvalue weighted by atomic mass is 9.88. The van der Waals surface area contributed by atoms with Crippen molar-refractivity contribution in [2.24, 2.45) is 23.5 Å². The molecular weight excluding hydrogens is 465 g/mol. The summed E-state index contributed by atoms with van der Waals surface area (Å²) in [4.78, 5) is 25.8. The van der Waals surface area contributed by atoms with E-state index in [4.69, 9.17) is 10.7 Å². The number of nitrogens with one attached hydrogen (secondary N) is 2. The molecule has 1 saturated carbocycles. The Morgan fingerprint density at radius 1 is 1.14 bits per heavy atom. The average molecular weight is 494 g/mol. The zero-order valence-electron chi connectivity index (χ0n) is 19.4. The Kier molecular flexibility index (Phi) is 5.57. The van der Waals surface area contributed by atoms with Crippen molar-refractivity contribution in [1.29, 1.82) is 0 Å². The molecule has 8 nitrogen and oxygen atoms in total. The number of hydrogen-bond donors (Lipinski definition) is 3. The molecule has 6 rings (SSSR count). The van der Waals surface area contributed by atoms with Crippen molar-refractivity contribution in [1.82, 2.24) is 14.9 Å². The molecule has 0 spiro atoms. The lowest BCUT2D eigenvalue weighted by molar-refractivity contribution is -0.122. The van der Waals surface area contributed by atoms with Gasteiger partial charge >= 0.3 is 0 Å². The molecule has 1 aromatic carbocycles. The fraction of sp³-hybridized carbons (Fsp3) is 0.400. The summed E-state index contributed by atoms with van der Waals surface area (Å²) in [5, 5.41) is 8.64. The average Bonchev–Trinajstić information content (AvgIpc) is 3.56. The minimum atomic E-state index is -0.287. The van der Waals surface area contributed by atoms with Crippen LogP contribution in [0.15, 0.2) is 41.8 Å². The predicted molar refractivity (Wildman–Crippen MR) is 138 cm³/mol. The molecule has 2 unspecified atom stereocenters. The summed E-state index contributed by atoms with van der Waals surface area (Å²) >= 11 is 1.54. The molecule has 3 aliphatic rings. The fourth-order valence-corrected chi connectivity index (χ4v) is 6.38. The largest absolute Gasteiger partial charge is 0.369 e. The van der Waals surface area contributed by atoms with Gasteiger partial charge in [-0.3, -0.25) is 4.79 Å². The molecule has 4 N–H and O–H groups in total. The van der Waals surface area contributed by atoms with E-state index in [1.165, 1.54) is 6.07 Å². The number of carbonyl (C=O) groups excluding carboxylic acids is 1. The number of carbonyl (C=O) groups is 1. The molecule has 3 aromatic rings. The SMILES string of the molecule is CN1CCN(c2ccc(Nc3nc(N[C@@H]4C5C=CC(C5)[C@@H]4C(N)=O)c4sccc4n3)cc2F)CC1. The van der Waals surface area contributed by atoms with Crippen LogP contribution in [0.4, 0.5) is 27.5 Å². The van der Waals surface area contributed by atoms with Gasteiger partial charge in [0.25, 0.3) is 0 Å². The van der Waals surface area contributed by atoms with Crippen molar-refractivity contribution < 1.29 is 9.18 Å². The molecule has 0 radical (unpaired) electrons. The molecule has 3 heterocycles. The van der Waals surface area contributed by atoms with Gasteiger partial charge in [0.2, 0.25) is 11.9 Å². The number of halogens is 1. The number of primary amides is 1. The number of aromatic nitrogens is 2. The van der Waals surface area contributed by atoms with Crippen LogP contribution in [0, 0.1) is 23.6 Å². The van der Waals surface area contributed by atoms with E-state index in [2.05, 4.69) is 44.6 Å².